The van der Waals surface area contributed by atoms with Gasteiger partial charge in [0.2, 0.25) is 0 Å². The van der Waals surface area contributed by atoms with Gasteiger partial charge in [-0.25, -0.2) is 0 Å². The molecule has 0 aromatic rings. The van der Waals surface area contributed by atoms with Crippen LogP contribution in [0.1, 0.15) is 20.3 Å². The van der Waals surface area contributed by atoms with Crippen molar-refractivity contribution in [3.05, 3.63) is 0 Å². The first-order chi connectivity index (χ1) is 6.54. The van der Waals surface area contributed by atoms with E-state index in [0.717, 1.165) is 0 Å². The zero-order valence-electron chi connectivity index (χ0n) is 8.46. The molecular weight excluding hydrogens is 188 g/mol. The van der Waals surface area contributed by atoms with Gasteiger partial charge >= 0.3 is 0 Å². The summed E-state index contributed by atoms with van der Waals surface area (Å²) in [4.78, 5) is 0. The molecule has 1 aliphatic heterocycles. The Balaban J connectivity index is 2.55. The summed E-state index contributed by atoms with van der Waals surface area (Å²) in [6.07, 6.45) is -2.89. The first-order valence-corrected chi connectivity index (χ1v) is 4.82. The van der Waals surface area contributed by atoms with Crippen molar-refractivity contribution in [2.75, 3.05) is 6.61 Å². The van der Waals surface area contributed by atoms with Crippen molar-refractivity contribution in [3.8, 4) is 0 Å². The highest BCUT2D eigenvalue weighted by Gasteiger charge is 2.37. The lowest BCUT2D eigenvalue weighted by Gasteiger charge is -2.37. The van der Waals surface area contributed by atoms with Crippen LogP contribution >= 0.6 is 0 Å². The first kappa shape index (κ1) is 11.9. The molecule has 0 amide bonds. The molecule has 0 bridgehead atoms. The van der Waals surface area contributed by atoms with Gasteiger partial charge in [0.1, 0.15) is 12.2 Å². The van der Waals surface area contributed by atoms with Crippen molar-refractivity contribution in [1.82, 2.24) is 0 Å². The van der Waals surface area contributed by atoms with Crippen molar-refractivity contribution in [1.29, 1.82) is 0 Å². The van der Waals surface area contributed by atoms with E-state index in [1.165, 1.54) is 0 Å². The highest BCUT2D eigenvalue weighted by Crippen LogP contribution is 2.22. The van der Waals surface area contributed by atoms with Gasteiger partial charge in [-0.2, -0.15) is 0 Å². The second-order valence-corrected chi connectivity index (χ2v) is 3.76. The third-order valence-corrected chi connectivity index (χ3v) is 2.15. The number of hydrogen-bond acceptors (Lipinski definition) is 5. The van der Waals surface area contributed by atoms with E-state index < -0.39 is 24.6 Å². The van der Waals surface area contributed by atoms with Crippen LogP contribution in [0, 0.1) is 0 Å². The van der Waals surface area contributed by atoms with Gasteiger partial charge in [-0.15, -0.1) is 0 Å². The van der Waals surface area contributed by atoms with Gasteiger partial charge in [0, 0.05) is 6.42 Å². The average Bonchev–Trinajstić information content (AvgIpc) is 2.09. The molecule has 84 valence electrons. The fraction of sp³-hybridized carbons (Fsp3) is 1.00. The molecule has 1 aliphatic rings. The van der Waals surface area contributed by atoms with E-state index in [1.807, 2.05) is 13.8 Å². The molecule has 0 unspecified atom stereocenters. The van der Waals surface area contributed by atoms with Crippen LogP contribution in [0.5, 0.6) is 0 Å². The maximum absolute atomic E-state index is 9.67. The standard InChI is InChI=1S/C9H18O5/c1-5(2)13-6-3-8(11)14-7(4-10)9(6)12/h5-12H,3-4H2,1-2H3/t6-,7-,8-,9+/m0/s1. The summed E-state index contributed by atoms with van der Waals surface area (Å²) in [5.74, 6) is 0. The Morgan fingerprint density at radius 3 is 2.57 bits per heavy atom. The maximum Gasteiger partial charge on any atom is 0.157 e. The van der Waals surface area contributed by atoms with Crippen molar-refractivity contribution < 1.29 is 24.8 Å². The second kappa shape index (κ2) is 5.04. The average molecular weight is 206 g/mol. The van der Waals surface area contributed by atoms with E-state index in [0.29, 0.717) is 0 Å². The van der Waals surface area contributed by atoms with Crippen LogP contribution in [0.4, 0.5) is 0 Å². The molecule has 4 atom stereocenters. The minimum Gasteiger partial charge on any atom is -0.394 e. The molecule has 0 aliphatic carbocycles. The van der Waals surface area contributed by atoms with Crippen molar-refractivity contribution in [3.63, 3.8) is 0 Å². The van der Waals surface area contributed by atoms with Crippen LogP contribution < -0.4 is 0 Å². The predicted molar refractivity (Wildman–Crippen MR) is 48.6 cm³/mol. The molecule has 1 rings (SSSR count). The largest absolute Gasteiger partial charge is 0.394 e. The van der Waals surface area contributed by atoms with Crippen LogP contribution in [-0.2, 0) is 9.47 Å². The SMILES string of the molecule is CC(C)O[C@H]1C[C@@H](O)O[C@@H](CO)[C@@H]1O. The fourth-order valence-electron chi connectivity index (χ4n) is 1.55. The van der Waals surface area contributed by atoms with E-state index >= 15 is 0 Å². The quantitative estimate of drug-likeness (QED) is 0.565. The number of hydrogen-bond donors (Lipinski definition) is 3. The highest BCUT2D eigenvalue weighted by atomic mass is 16.6. The topological polar surface area (TPSA) is 79.2 Å². The summed E-state index contributed by atoms with van der Waals surface area (Å²) in [7, 11) is 0. The Labute approximate surface area is 83.3 Å². The van der Waals surface area contributed by atoms with Gasteiger partial charge in [0.05, 0.1) is 18.8 Å². The van der Waals surface area contributed by atoms with Crippen molar-refractivity contribution in [2.45, 2.75) is 51.0 Å². The summed E-state index contributed by atoms with van der Waals surface area (Å²) in [6, 6.07) is 0. The molecule has 5 nitrogen and oxygen atoms in total. The zero-order valence-corrected chi connectivity index (χ0v) is 8.46. The molecular formula is C9H18O5. The minimum absolute atomic E-state index is 0.0284. The fourth-order valence-corrected chi connectivity index (χ4v) is 1.55. The van der Waals surface area contributed by atoms with Crippen molar-refractivity contribution in [2.24, 2.45) is 0 Å². The Morgan fingerprint density at radius 2 is 2.07 bits per heavy atom. The maximum atomic E-state index is 9.67. The number of aliphatic hydroxyl groups is 3. The van der Waals surface area contributed by atoms with Gasteiger partial charge in [0.15, 0.2) is 6.29 Å². The molecule has 3 N–H and O–H groups in total. The molecule has 1 saturated heterocycles. The Kier molecular flexibility index (Phi) is 4.28. The zero-order chi connectivity index (χ0) is 10.7. The third kappa shape index (κ3) is 2.90. The van der Waals surface area contributed by atoms with Gasteiger partial charge in [-0.3, -0.25) is 0 Å². The monoisotopic (exact) mass is 206 g/mol. The summed E-state index contributed by atoms with van der Waals surface area (Å²) < 4.78 is 10.3. The molecule has 0 aromatic heterocycles. The lowest BCUT2D eigenvalue weighted by atomic mass is 10.0. The molecule has 14 heavy (non-hydrogen) atoms. The van der Waals surface area contributed by atoms with Crippen LogP contribution in [-0.4, -0.2) is 52.6 Å². The smallest absolute Gasteiger partial charge is 0.157 e. The van der Waals surface area contributed by atoms with E-state index in [2.05, 4.69) is 0 Å². The lowest BCUT2D eigenvalue weighted by molar-refractivity contribution is -0.252. The van der Waals surface area contributed by atoms with E-state index in [4.69, 9.17) is 14.6 Å². The Bertz CT molecular complexity index is 171. The van der Waals surface area contributed by atoms with E-state index in [1.54, 1.807) is 0 Å². The summed E-state index contributed by atoms with van der Waals surface area (Å²) in [5, 5.41) is 27.8. The highest BCUT2D eigenvalue weighted by molar-refractivity contribution is 4.83. The molecule has 0 radical (unpaired) electrons. The van der Waals surface area contributed by atoms with E-state index in [9.17, 15) is 10.2 Å². The number of ether oxygens (including phenoxy) is 2. The molecule has 1 heterocycles. The van der Waals surface area contributed by atoms with Gasteiger partial charge in [0.25, 0.3) is 0 Å². The van der Waals surface area contributed by atoms with E-state index in [-0.39, 0.29) is 19.1 Å². The molecule has 0 saturated carbocycles. The third-order valence-electron chi connectivity index (χ3n) is 2.15. The first-order valence-electron chi connectivity index (χ1n) is 4.82. The molecule has 5 heteroatoms. The number of aliphatic hydroxyl groups excluding tert-OH is 3. The summed E-state index contributed by atoms with van der Waals surface area (Å²) in [6.45, 7) is 3.38. The number of rotatable bonds is 3. The minimum atomic E-state index is -0.973. The van der Waals surface area contributed by atoms with Crippen LogP contribution in [0.3, 0.4) is 0 Å². The predicted octanol–water partition coefficient (Wildman–Crippen LogP) is -0.760. The van der Waals surface area contributed by atoms with Gasteiger partial charge in [-0.1, -0.05) is 0 Å². The Morgan fingerprint density at radius 1 is 1.43 bits per heavy atom. The summed E-state index contributed by atoms with van der Waals surface area (Å²) in [5.41, 5.74) is 0. The van der Waals surface area contributed by atoms with Crippen molar-refractivity contribution >= 4 is 0 Å². The lowest BCUT2D eigenvalue weighted by Crippen LogP contribution is -2.51. The molecule has 1 fully saturated rings. The molecule has 0 spiro atoms. The molecule has 0 aromatic carbocycles. The van der Waals surface area contributed by atoms with Gasteiger partial charge in [-0.05, 0) is 13.8 Å². The van der Waals surface area contributed by atoms with Crippen LogP contribution in [0.25, 0.3) is 0 Å². The van der Waals surface area contributed by atoms with Crippen LogP contribution in [0.15, 0.2) is 0 Å². The van der Waals surface area contributed by atoms with Gasteiger partial charge < -0.3 is 24.8 Å². The second-order valence-electron chi connectivity index (χ2n) is 3.76. The normalized spacial score (nSPS) is 39.0. The Hall–Kier alpha value is -0.200. The van der Waals surface area contributed by atoms with Crippen LogP contribution in [0.2, 0.25) is 0 Å². The summed E-state index contributed by atoms with van der Waals surface area (Å²) >= 11 is 0.